The summed E-state index contributed by atoms with van der Waals surface area (Å²) in [7, 11) is -2.20. The number of hydrogen-bond donors (Lipinski definition) is 0. The van der Waals surface area contributed by atoms with Crippen LogP contribution in [-0.2, 0) is 13.9 Å². The van der Waals surface area contributed by atoms with E-state index in [0.717, 1.165) is 4.90 Å². The summed E-state index contributed by atoms with van der Waals surface area (Å²) in [4.78, 5) is 26.1. The van der Waals surface area contributed by atoms with Gasteiger partial charge in [0.2, 0.25) is 0 Å². The lowest BCUT2D eigenvalue weighted by Crippen LogP contribution is -2.53. The maximum Gasteiger partial charge on any atom is 0.421 e. The zero-order valence-corrected chi connectivity index (χ0v) is 19.1. The van der Waals surface area contributed by atoms with Gasteiger partial charge in [0.05, 0.1) is 0 Å². The molecule has 0 bridgehead atoms. The molecule has 0 aliphatic rings. The Labute approximate surface area is 154 Å². The summed E-state index contributed by atoms with van der Waals surface area (Å²) >= 11 is 0. The second kappa shape index (κ2) is 7.66. The van der Waals surface area contributed by atoms with Crippen molar-refractivity contribution in [1.29, 1.82) is 0 Å². The first-order valence-corrected chi connectivity index (χ1v) is 11.6. The van der Waals surface area contributed by atoms with Crippen molar-refractivity contribution >= 4 is 20.5 Å². The van der Waals surface area contributed by atoms with Gasteiger partial charge in [-0.15, -0.1) is 0 Å². The largest absolute Gasteiger partial charge is 0.443 e. The molecule has 148 valence electrons. The van der Waals surface area contributed by atoms with E-state index >= 15 is 0 Å². The molecule has 0 aliphatic carbocycles. The Hall–Kier alpha value is -1.08. The number of carbonyl (C=O) groups is 2. The number of imide groups is 1. The first-order valence-electron chi connectivity index (χ1n) is 8.70. The number of rotatable bonds is 3. The highest BCUT2D eigenvalue weighted by molar-refractivity contribution is 6.74. The van der Waals surface area contributed by atoms with Crippen LogP contribution in [0, 0.1) is 0 Å². The molecular weight excluding hydrogens is 338 g/mol. The minimum absolute atomic E-state index is 0.0607. The topological polar surface area (TPSA) is 65.1 Å². The molecule has 0 heterocycles. The molecule has 0 saturated carbocycles. The molecule has 0 spiro atoms. The van der Waals surface area contributed by atoms with Gasteiger partial charge in [0.15, 0.2) is 8.32 Å². The fourth-order valence-electron chi connectivity index (χ4n) is 1.65. The highest BCUT2D eigenvalue weighted by atomic mass is 28.4. The third-order valence-corrected chi connectivity index (χ3v) is 8.36. The molecule has 0 aromatic carbocycles. The molecular formula is C18H37NO5Si. The van der Waals surface area contributed by atoms with E-state index in [1.165, 1.54) is 0 Å². The third kappa shape index (κ3) is 8.22. The van der Waals surface area contributed by atoms with E-state index in [4.69, 9.17) is 13.9 Å². The van der Waals surface area contributed by atoms with Crippen LogP contribution in [0.2, 0.25) is 18.1 Å². The van der Waals surface area contributed by atoms with Gasteiger partial charge in [-0.1, -0.05) is 20.8 Å². The fraction of sp³-hybridized carbons (Fsp3) is 0.889. The van der Waals surface area contributed by atoms with Gasteiger partial charge < -0.3 is 13.9 Å². The van der Waals surface area contributed by atoms with Crippen molar-refractivity contribution in [2.45, 2.75) is 105 Å². The van der Waals surface area contributed by atoms with E-state index in [2.05, 4.69) is 33.9 Å². The summed E-state index contributed by atoms with van der Waals surface area (Å²) in [5.41, 5.74) is -1.46. The Kier molecular flexibility index (Phi) is 7.33. The Bertz CT molecular complexity index is 455. The average Bonchev–Trinajstić information content (AvgIpc) is 2.20. The number of nitrogens with zero attached hydrogens (tertiary/aromatic N) is 1. The predicted octanol–water partition coefficient (Wildman–Crippen LogP) is 5.53. The summed E-state index contributed by atoms with van der Waals surface area (Å²) in [6.07, 6.45) is -2.33. The molecule has 1 atom stereocenters. The predicted molar refractivity (Wildman–Crippen MR) is 102 cm³/mol. The van der Waals surface area contributed by atoms with Crippen molar-refractivity contribution in [3.63, 3.8) is 0 Å². The summed E-state index contributed by atoms with van der Waals surface area (Å²) in [5.74, 6) is 0. The van der Waals surface area contributed by atoms with Crippen molar-refractivity contribution in [2.24, 2.45) is 0 Å². The lowest BCUT2D eigenvalue weighted by Gasteiger charge is -2.41. The van der Waals surface area contributed by atoms with Crippen molar-refractivity contribution in [3.8, 4) is 0 Å². The van der Waals surface area contributed by atoms with Crippen LogP contribution in [0.5, 0.6) is 0 Å². The van der Waals surface area contributed by atoms with Crippen LogP contribution in [0.3, 0.4) is 0 Å². The second-order valence-electron chi connectivity index (χ2n) is 9.81. The van der Waals surface area contributed by atoms with E-state index in [0.29, 0.717) is 0 Å². The van der Waals surface area contributed by atoms with Gasteiger partial charge in [-0.2, -0.15) is 4.90 Å². The van der Waals surface area contributed by atoms with Crippen LogP contribution in [-0.4, -0.2) is 42.8 Å². The highest BCUT2D eigenvalue weighted by Gasteiger charge is 2.43. The van der Waals surface area contributed by atoms with Gasteiger partial charge in [0, 0.05) is 0 Å². The molecule has 0 radical (unpaired) electrons. The molecule has 0 aliphatic heterocycles. The summed E-state index contributed by atoms with van der Waals surface area (Å²) in [6, 6.07) is 0. The zero-order valence-electron chi connectivity index (χ0n) is 18.1. The number of ether oxygens (including phenoxy) is 2. The molecule has 0 rings (SSSR count). The maximum atomic E-state index is 12.6. The van der Waals surface area contributed by atoms with Crippen molar-refractivity contribution in [3.05, 3.63) is 0 Å². The van der Waals surface area contributed by atoms with Crippen LogP contribution in [0.25, 0.3) is 0 Å². The first kappa shape index (κ1) is 23.9. The van der Waals surface area contributed by atoms with Gasteiger partial charge in [-0.25, -0.2) is 9.59 Å². The number of hydrogen-bond acceptors (Lipinski definition) is 5. The molecule has 25 heavy (non-hydrogen) atoms. The molecule has 0 fully saturated rings. The Balaban J connectivity index is 5.58. The molecule has 2 amide bonds. The fourth-order valence-corrected chi connectivity index (χ4v) is 2.96. The highest BCUT2D eigenvalue weighted by Crippen LogP contribution is 2.37. The number of carbonyl (C=O) groups excluding carboxylic acids is 2. The van der Waals surface area contributed by atoms with Gasteiger partial charge in [0.25, 0.3) is 0 Å². The SMILES string of the molecule is CC(O[Si](C)(C)C(C)(C)C)N(C(=O)OC(C)(C)C)C(=O)OC(C)(C)C. The molecule has 0 N–H and O–H groups in total. The number of amides is 2. The van der Waals surface area contributed by atoms with Crippen molar-refractivity contribution < 1.29 is 23.5 Å². The van der Waals surface area contributed by atoms with Crippen LogP contribution in [0.4, 0.5) is 9.59 Å². The van der Waals surface area contributed by atoms with E-state index in [9.17, 15) is 9.59 Å². The second-order valence-corrected chi connectivity index (χ2v) is 14.6. The molecule has 0 saturated heterocycles. The molecule has 6 nitrogen and oxygen atoms in total. The minimum Gasteiger partial charge on any atom is -0.443 e. The normalized spacial score (nSPS) is 14.7. The zero-order chi connectivity index (χ0) is 20.4. The quantitative estimate of drug-likeness (QED) is 0.479. The summed E-state index contributed by atoms with van der Waals surface area (Å²) < 4.78 is 17.0. The van der Waals surface area contributed by atoms with Crippen LogP contribution in [0.15, 0.2) is 0 Å². The maximum absolute atomic E-state index is 12.6. The standard InChI is InChI=1S/C18H37NO5Si/c1-13(24-25(11,12)18(8,9)10)19(14(20)22-16(2,3)4)15(21)23-17(5,6)7/h13H,1-12H3. The van der Waals surface area contributed by atoms with Crippen molar-refractivity contribution in [1.82, 2.24) is 4.90 Å². The van der Waals surface area contributed by atoms with E-state index in [-0.39, 0.29) is 5.04 Å². The van der Waals surface area contributed by atoms with Gasteiger partial charge in [-0.3, -0.25) is 0 Å². The van der Waals surface area contributed by atoms with Crippen molar-refractivity contribution in [2.75, 3.05) is 0 Å². The van der Waals surface area contributed by atoms with Crippen LogP contribution in [0.1, 0.15) is 69.2 Å². The Morgan fingerprint density at radius 3 is 1.36 bits per heavy atom. The van der Waals surface area contributed by atoms with E-state index < -0.39 is 37.9 Å². The van der Waals surface area contributed by atoms with Crippen LogP contribution < -0.4 is 0 Å². The lowest BCUT2D eigenvalue weighted by atomic mass is 10.2. The van der Waals surface area contributed by atoms with Gasteiger partial charge in [0.1, 0.15) is 17.4 Å². The Morgan fingerprint density at radius 1 is 0.800 bits per heavy atom. The smallest absolute Gasteiger partial charge is 0.421 e. The van der Waals surface area contributed by atoms with E-state index in [1.807, 2.05) is 0 Å². The molecule has 0 aromatic heterocycles. The van der Waals surface area contributed by atoms with E-state index in [1.54, 1.807) is 48.5 Å². The summed E-state index contributed by atoms with van der Waals surface area (Å²) in [6.45, 7) is 22.6. The molecule has 1 unspecified atom stereocenters. The van der Waals surface area contributed by atoms with Gasteiger partial charge in [-0.05, 0) is 66.6 Å². The third-order valence-electron chi connectivity index (χ3n) is 3.82. The van der Waals surface area contributed by atoms with Gasteiger partial charge >= 0.3 is 12.2 Å². The molecule has 0 aromatic rings. The summed E-state index contributed by atoms with van der Waals surface area (Å²) in [5, 5.41) is -0.0607. The first-order chi connectivity index (χ1) is 10.8. The average molecular weight is 376 g/mol. The minimum atomic E-state index is -2.20. The molecule has 7 heteroatoms. The van der Waals surface area contributed by atoms with Crippen LogP contribution >= 0.6 is 0 Å². The Morgan fingerprint density at radius 2 is 1.12 bits per heavy atom. The monoisotopic (exact) mass is 375 g/mol. The lowest BCUT2D eigenvalue weighted by molar-refractivity contribution is -0.0348.